The van der Waals surface area contributed by atoms with Gasteiger partial charge in [0.05, 0.1) is 12.6 Å². The lowest BCUT2D eigenvalue weighted by atomic mass is 10.2. The molecule has 5 heteroatoms. The van der Waals surface area contributed by atoms with Gasteiger partial charge in [0.2, 0.25) is 0 Å². The molecule has 1 fully saturated rings. The molecule has 0 aliphatic carbocycles. The van der Waals surface area contributed by atoms with Gasteiger partial charge in [-0.2, -0.15) is 0 Å². The summed E-state index contributed by atoms with van der Waals surface area (Å²) in [6, 6.07) is 5.25. The van der Waals surface area contributed by atoms with Crippen LogP contribution in [0.25, 0.3) is 0 Å². The molecule has 1 aliphatic rings. The van der Waals surface area contributed by atoms with E-state index in [9.17, 15) is 9.90 Å². The molecule has 104 valence electrons. The molecule has 0 unspecified atom stereocenters. The van der Waals surface area contributed by atoms with E-state index in [1.165, 1.54) is 0 Å². The van der Waals surface area contributed by atoms with E-state index in [4.69, 9.17) is 16.3 Å². The number of benzene rings is 1. The third-order valence-corrected chi connectivity index (χ3v) is 3.63. The second-order valence-electron chi connectivity index (χ2n) is 4.76. The third kappa shape index (κ3) is 3.39. The van der Waals surface area contributed by atoms with Crippen LogP contribution in [0.3, 0.4) is 0 Å². The highest BCUT2D eigenvalue weighted by Gasteiger charge is 2.28. The van der Waals surface area contributed by atoms with Crippen LogP contribution in [0.4, 0.5) is 0 Å². The quantitative estimate of drug-likeness (QED) is 0.920. The number of aliphatic hydroxyl groups is 1. The van der Waals surface area contributed by atoms with E-state index in [1.54, 1.807) is 23.1 Å². The number of amides is 1. The lowest BCUT2D eigenvalue weighted by Crippen LogP contribution is -2.40. The van der Waals surface area contributed by atoms with Gasteiger partial charge in [-0.3, -0.25) is 4.79 Å². The van der Waals surface area contributed by atoms with E-state index in [0.29, 0.717) is 17.3 Å². The van der Waals surface area contributed by atoms with Crippen molar-refractivity contribution in [3.63, 3.8) is 0 Å². The maximum absolute atomic E-state index is 12.0. The van der Waals surface area contributed by atoms with Crippen LogP contribution in [0.1, 0.15) is 18.4 Å². The number of aliphatic hydroxyl groups excluding tert-OH is 1. The largest absolute Gasteiger partial charge is 0.483 e. The average Bonchev–Trinajstić information content (AvgIpc) is 2.85. The number of likely N-dealkylation sites (tertiary alicyclic amines) is 1. The number of hydrogen-bond donors (Lipinski definition) is 1. The Hall–Kier alpha value is -1.26. The highest BCUT2D eigenvalue weighted by atomic mass is 35.5. The first-order valence-electron chi connectivity index (χ1n) is 6.41. The second-order valence-corrected chi connectivity index (χ2v) is 5.20. The number of ether oxygens (including phenoxy) is 1. The molecule has 19 heavy (non-hydrogen) atoms. The Bertz CT molecular complexity index is 464. The lowest BCUT2D eigenvalue weighted by molar-refractivity contribution is -0.134. The molecule has 1 heterocycles. The Labute approximate surface area is 117 Å². The summed E-state index contributed by atoms with van der Waals surface area (Å²) in [7, 11) is 0. The van der Waals surface area contributed by atoms with Crippen molar-refractivity contribution in [3.8, 4) is 5.75 Å². The van der Waals surface area contributed by atoms with Crippen molar-refractivity contribution in [2.45, 2.75) is 25.8 Å². The summed E-state index contributed by atoms with van der Waals surface area (Å²) >= 11 is 5.86. The van der Waals surface area contributed by atoms with Gasteiger partial charge in [-0.25, -0.2) is 0 Å². The van der Waals surface area contributed by atoms with Gasteiger partial charge in [-0.05, 0) is 43.5 Å². The van der Waals surface area contributed by atoms with Crippen LogP contribution in [0, 0.1) is 6.92 Å². The summed E-state index contributed by atoms with van der Waals surface area (Å²) < 4.78 is 5.53. The van der Waals surface area contributed by atoms with Crippen molar-refractivity contribution < 1.29 is 14.6 Å². The number of nitrogens with zero attached hydrogens (tertiary/aromatic N) is 1. The molecule has 0 bridgehead atoms. The number of carbonyl (C=O) groups is 1. The van der Waals surface area contributed by atoms with Crippen LogP contribution in [0.5, 0.6) is 5.75 Å². The molecule has 0 radical (unpaired) electrons. The van der Waals surface area contributed by atoms with E-state index >= 15 is 0 Å². The van der Waals surface area contributed by atoms with Crippen LogP contribution in [-0.4, -0.2) is 41.7 Å². The van der Waals surface area contributed by atoms with Crippen molar-refractivity contribution in [1.29, 1.82) is 0 Å². The lowest BCUT2D eigenvalue weighted by Gasteiger charge is -2.23. The minimum atomic E-state index is -0.0779. The Morgan fingerprint density at radius 3 is 3.05 bits per heavy atom. The number of aryl methyl sites for hydroxylation is 1. The molecule has 0 aromatic heterocycles. The van der Waals surface area contributed by atoms with Crippen LogP contribution in [0.15, 0.2) is 18.2 Å². The average molecular weight is 284 g/mol. The molecule has 0 saturated carbocycles. The van der Waals surface area contributed by atoms with Gasteiger partial charge in [-0.1, -0.05) is 11.6 Å². The van der Waals surface area contributed by atoms with Gasteiger partial charge in [0.15, 0.2) is 6.61 Å². The highest BCUT2D eigenvalue weighted by Crippen LogP contribution is 2.22. The first kappa shape index (κ1) is 14.2. The SMILES string of the molecule is Cc1cc(Cl)ccc1OCC(=O)N1CCC[C@@H]1CO. The predicted molar refractivity (Wildman–Crippen MR) is 73.5 cm³/mol. The maximum atomic E-state index is 12.0. The molecule has 1 N–H and O–H groups in total. The third-order valence-electron chi connectivity index (χ3n) is 3.40. The fourth-order valence-corrected chi connectivity index (χ4v) is 2.58. The molecule has 1 aliphatic heterocycles. The van der Waals surface area contributed by atoms with Crippen LogP contribution in [0.2, 0.25) is 5.02 Å². The minimum absolute atomic E-state index is 0.00102. The summed E-state index contributed by atoms with van der Waals surface area (Å²) in [5.74, 6) is 0.586. The fourth-order valence-electron chi connectivity index (χ4n) is 2.35. The maximum Gasteiger partial charge on any atom is 0.260 e. The first-order chi connectivity index (χ1) is 9.11. The number of rotatable bonds is 4. The van der Waals surface area contributed by atoms with Gasteiger partial charge in [-0.15, -0.1) is 0 Å². The number of halogens is 1. The molecular formula is C14H18ClNO3. The highest BCUT2D eigenvalue weighted by molar-refractivity contribution is 6.30. The Morgan fingerprint density at radius 2 is 2.37 bits per heavy atom. The Balaban J connectivity index is 1.93. The van der Waals surface area contributed by atoms with Crippen molar-refractivity contribution in [3.05, 3.63) is 28.8 Å². The molecule has 1 atom stereocenters. The summed E-state index contributed by atoms with van der Waals surface area (Å²) in [6.45, 7) is 2.61. The van der Waals surface area contributed by atoms with Crippen LogP contribution in [-0.2, 0) is 4.79 Å². The normalized spacial score (nSPS) is 18.7. The summed E-state index contributed by atoms with van der Waals surface area (Å²) in [5, 5.41) is 9.84. The fraction of sp³-hybridized carbons (Fsp3) is 0.500. The van der Waals surface area contributed by atoms with Crippen LogP contribution >= 0.6 is 11.6 Å². The van der Waals surface area contributed by atoms with Gasteiger partial charge in [0, 0.05) is 11.6 Å². The van der Waals surface area contributed by atoms with Crippen molar-refractivity contribution >= 4 is 17.5 Å². The predicted octanol–water partition coefficient (Wildman–Crippen LogP) is 2.01. The van der Waals surface area contributed by atoms with Gasteiger partial charge >= 0.3 is 0 Å². The molecule has 1 saturated heterocycles. The standard InChI is InChI=1S/C14H18ClNO3/c1-10-7-11(15)4-5-13(10)19-9-14(18)16-6-2-3-12(16)8-17/h4-5,7,12,17H,2-3,6,8-9H2,1H3/t12-/m1/s1. The Morgan fingerprint density at radius 1 is 1.58 bits per heavy atom. The molecule has 4 nitrogen and oxygen atoms in total. The molecule has 1 amide bonds. The van der Waals surface area contributed by atoms with Gasteiger partial charge < -0.3 is 14.7 Å². The summed E-state index contributed by atoms with van der Waals surface area (Å²) in [5.41, 5.74) is 0.903. The van der Waals surface area contributed by atoms with Crippen LogP contribution < -0.4 is 4.74 Å². The second kappa shape index (κ2) is 6.26. The van der Waals surface area contributed by atoms with E-state index in [-0.39, 0.29) is 25.2 Å². The molecule has 0 spiro atoms. The monoisotopic (exact) mass is 283 g/mol. The molecule has 1 aromatic rings. The molecule has 2 rings (SSSR count). The zero-order valence-corrected chi connectivity index (χ0v) is 11.7. The van der Waals surface area contributed by atoms with Crippen molar-refractivity contribution in [2.75, 3.05) is 19.8 Å². The molecule has 1 aromatic carbocycles. The number of hydrogen-bond acceptors (Lipinski definition) is 3. The summed E-state index contributed by atoms with van der Waals surface area (Å²) in [6.07, 6.45) is 1.80. The van der Waals surface area contributed by atoms with Crippen molar-refractivity contribution in [1.82, 2.24) is 4.90 Å². The summed E-state index contributed by atoms with van der Waals surface area (Å²) in [4.78, 5) is 13.7. The van der Waals surface area contributed by atoms with E-state index in [2.05, 4.69) is 0 Å². The number of carbonyl (C=O) groups excluding carboxylic acids is 1. The van der Waals surface area contributed by atoms with Gasteiger partial charge in [0.25, 0.3) is 5.91 Å². The van der Waals surface area contributed by atoms with Crippen molar-refractivity contribution in [2.24, 2.45) is 0 Å². The van der Waals surface area contributed by atoms with Gasteiger partial charge in [0.1, 0.15) is 5.75 Å². The van der Waals surface area contributed by atoms with E-state index in [1.807, 2.05) is 6.92 Å². The molecular weight excluding hydrogens is 266 g/mol. The Kier molecular flexibility index (Phi) is 4.66. The topological polar surface area (TPSA) is 49.8 Å². The van der Waals surface area contributed by atoms with E-state index in [0.717, 1.165) is 18.4 Å². The zero-order chi connectivity index (χ0) is 13.8. The minimum Gasteiger partial charge on any atom is -0.483 e. The first-order valence-corrected chi connectivity index (χ1v) is 6.79. The van der Waals surface area contributed by atoms with E-state index < -0.39 is 0 Å². The zero-order valence-electron chi connectivity index (χ0n) is 10.9. The smallest absolute Gasteiger partial charge is 0.260 e.